The summed E-state index contributed by atoms with van der Waals surface area (Å²) >= 11 is 0. The molecule has 29 heavy (non-hydrogen) atoms. The fourth-order valence-corrected chi connectivity index (χ4v) is 3.76. The molecule has 0 aliphatic carbocycles. The van der Waals surface area contributed by atoms with E-state index in [9.17, 15) is 9.59 Å². The van der Waals surface area contributed by atoms with Crippen molar-refractivity contribution in [2.45, 2.75) is 39.2 Å². The molecular weight excluding hydrogens is 366 g/mol. The van der Waals surface area contributed by atoms with Gasteiger partial charge in [-0.3, -0.25) is 14.0 Å². The molecule has 0 bridgehead atoms. The van der Waals surface area contributed by atoms with Crippen molar-refractivity contribution in [2.75, 3.05) is 11.9 Å². The second-order valence-electron chi connectivity index (χ2n) is 7.75. The molecule has 3 heterocycles. The van der Waals surface area contributed by atoms with Gasteiger partial charge < -0.3 is 10.2 Å². The Balaban J connectivity index is 1.41. The van der Waals surface area contributed by atoms with E-state index in [0.29, 0.717) is 19.4 Å². The quantitative estimate of drug-likeness (QED) is 0.725. The standard InChI is InChI=1S/C22H25N5O2/c1-15(2)22(29)26-13-5-6-18(26)21(28)23-17-10-8-16(9-11-17)14-20-25-24-19-7-3-4-12-27(19)20/h3-4,7-12,15,18H,5-6,13-14H2,1-2H3,(H,23,28)/t18-/m1/s1. The third-order valence-electron chi connectivity index (χ3n) is 5.30. The molecule has 1 aliphatic rings. The van der Waals surface area contributed by atoms with Crippen LogP contribution < -0.4 is 5.32 Å². The summed E-state index contributed by atoms with van der Waals surface area (Å²) in [6.45, 7) is 4.39. The van der Waals surface area contributed by atoms with Gasteiger partial charge in [0, 0.05) is 30.8 Å². The fourth-order valence-electron chi connectivity index (χ4n) is 3.76. The topological polar surface area (TPSA) is 79.6 Å². The van der Waals surface area contributed by atoms with Gasteiger partial charge in [-0.05, 0) is 42.7 Å². The van der Waals surface area contributed by atoms with E-state index in [-0.39, 0.29) is 23.8 Å². The summed E-state index contributed by atoms with van der Waals surface area (Å²) in [6, 6.07) is 13.2. The average Bonchev–Trinajstić information content (AvgIpc) is 3.36. The monoisotopic (exact) mass is 391 g/mol. The van der Waals surface area contributed by atoms with Gasteiger partial charge >= 0.3 is 0 Å². The van der Waals surface area contributed by atoms with Crippen LogP contribution in [0.1, 0.15) is 38.1 Å². The Bertz CT molecular complexity index is 1030. The highest BCUT2D eigenvalue weighted by molar-refractivity contribution is 5.97. The highest BCUT2D eigenvalue weighted by Gasteiger charge is 2.34. The number of carbonyl (C=O) groups is 2. The first-order valence-electron chi connectivity index (χ1n) is 10.0. The second-order valence-corrected chi connectivity index (χ2v) is 7.75. The molecule has 2 aromatic heterocycles. The minimum atomic E-state index is -0.382. The van der Waals surface area contributed by atoms with E-state index in [4.69, 9.17) is 0 Å². The zero-order valence-corrected chi connectivity index (χ0v) is 16.7. The molecule has 1 aliphatic heterocycles. The maximum atomic E-state index is 12.7. The molecule has 1 atom stereocenters. The van der Waals surface area contributed by atoms with E-state index in [1.807, 2.05) is 66.9 Å². The molecule has 1 aromatic carbocycles. The third-order valence-corrected chi connectivity index (χ3v) is 5.30. The van der Waals surface area contributed by atoms with E-state index in [1.54, 1.807) is 4.90 Å². The molecule has 1 fully saturated rings. The summed E-state index contributed by atoms with van der Waals surface area (Å²) in [5.74, 6) is 0.688. The first kappa shape index (κ1) is 19.1. The van der Waals surface area contributed by atoms with E-state index in [1.165, 1.54) is 0 Å². The lowest BCUT2D eigenvalue weighted by atomic mass is 10.1. The zero-order valence-electron chi connectivity index (χ0n) is 16.7. The van der Waals surface area contributed by atoms with Crippen molar-refractivity contribution in [3.8, 4) is 0 Å². The van der Waals surface area contributed by atoms with Gasteiger partial charge in [-0.15, -0.1) is 10.2 Å². The van der Waals surface area contributed by atoms with Crippen LogP contribution in [0.5, 0.6) is 0 Å². The van der Waals surface area contributed by atoms with Crippen molar-refractivity contribution in [2.24, 2.45) is 5.92 Å². The lowest BCUT2D eigenvalue weighted by Crippen LogP contribution is -2.44. The van der Waals surface area contributed by atoms with Crippen molar-refractivity contribution >= 4 is 23.1 Å². The van der Waals surface area contributed by atoms with E-state index < -0.39 is 0 Å². The summed E-state index contributed by atoms with van der Waals surface area (Å²) in [6.07, 6.45) is 4.17. The Morgan fingerprint density at radius 1 is 1.14 bits per heavy atom. The fraction of sp³-hybridized carbons (Fsp3) is 0.364. The van der Waals surface area contributed by atoms with Crippen LogP contribution in [0, 0.1) is 5.92 Å². The van der Waals surface area contributed by atoms with E-state index >= 15 is 0 Å². The number of aromatic nitrogens is 3. The van der Waals surface area contributed by atoms with Crippen molar-refractivity contribution in [3.63, 3.8) is 0 Å². The molecule has 0 spiro atoms. The Kier molecular flexibility index (Phi) is 5.29. The third kappa shape index (κ3) is 3.99. The van der Waals surface area contributed by atoms with Gasteiger partial charge in [-0.2, -0.15) is 0 Å². The number of pyridine rings is 1. The molecule has 0 saturated carbocycles. The van der Waals surface area contributed by atoms with Crippen LogP contribution in [0.4, 0.5) is 5.69 Å². The van der Waals surface area contributed by atoms with Gasteiger partial charge in [0.05, 0.1) is 0 Å². The lowest BCUT2D eigenvalue weighted by Gasteiger charge is -2.25. The van der Waals surface area contributed by atoms with Crippen LogP contribution in [0.2, 0.25) is 0 Å². The van der Waals surface area contributed by atoms with Crippen molar-refractivity contribution in [3.05, 3.63) is 60.0 Å². The molecule has 0 unspecified atom stereocenters. The molecule has 150 valence electrons. The summed E-state index contributed by atoms with van der Waals surface area (Å²) in [5, 5.41) is 11.4. The van der Waals surface area contributed by atoms with Gasteiger partial charge in [0.1, 0.15) is 11.9 Å². The Morgan fingerprint density at radius 2 is 1.93 bits per heavy atom. The van der Waals surface area contributed by atoms with E-state index in [0.717, 1.165) is 29.1 Å². The van der Waals surface area contributed by atoms with Gasteiger partial charge in [0.2, 0.25) is 11.8 Å². The molecule has 1 N–H and O–H groups in total. The number of carbonyl (C=O) groups excluding carboxylic acids is 2. The number of nitrogens with one attached hydrogen (secondary N) is 1. The molecule has 3 aromatic rings. The number of hydrogen-bond donors (Lipinski definition) is 1. The number of likely N-dealkylation sites (tertiary alicyclic amines) is 1. The number of hydrogen-bond acceptors (Lipinski definition) is 4. The Morgan fingerprint density at radius 3 is 2.69 bits per heavy atom. The van der Waals surface area contributed by atoms with Crippen LogP contribution in [0.15, 0.2) is 48.7 Å². The van der Waals surface area contributed by atoms with Crippen molar-refractivity contribution in [1.82, 2.24) is 19.5 Å². The first-order chi connectivity index (χ1) is 14.0. The predicted octanol–water partition coefficient (Wildman–Crippen LogP) is 2.91. The largest absolute Gasteiger partial charge is 0.330 e. The van der Waals surface area contributed by atoms with Gasteiger partial charge in [0.25, 0.3) is 0 Å². The van der Waals surface area contributed by atoms with Crippen LogP contribution >= 0.6 is 0 Å². The van der Waals surface area contributed by atoms with Crippen LogP contribution in [0.3, 0.4) is 0 Å². The zero-order chi connectivity index (χ0) is 20.4. The Labute approximate surface area is 169 Å². The summed E-state index contributed by atoms with van der Waals surface area (Å²) in [5.41, 5.74) is 2.63. The van der Waals surface area contributed by atoms with Crippen LogP contribution in [-0.4, -0.2) is 43.9 Å². The first-order valence-corrected chi connectivity index (χ1v) is 10.0. The summed E-state index contributed by atoms with van der Waals surface area (Å²) in [7, 11) is 0. The SMILES string of the molecule is CC(C)C(=O)N1CCC[C@@H]1C(=O)Nc1ccc(Cc2nnc3ccccn23)cc1. The van der Waals surface area contributed by atoms with Crippen LogP contribution in [-0.2, 0) is 16.0 Å². The number of nitrogens with zero attached hydrogens (tertiary/aromatic N) is 4. The molecule has 7 nitrogen and oxygen atoms in total. The van der Waals surface area contributed by atoms with Crippen molar-refractivity contribution < 1.29 is 9.59 Å². The molecule has 2 amide bonds. The van der Waals surface area contributed by atoms with Crippen molar-refractivity contribution in [1.29, 1.82) is 0 Å². The predicted molar refractivity (Wildman–Crippen MR) is 110 cm³/mol. The lowest BCUT2D eigenvalue weighted by molar-refractivity contribution is -0.139. The number of amides is 2. The van der Waals surface area contributed by atoms with Gasteiger partial charge in [-0.1, -0.05) is 32.0 Å². The molecule has 0 radical (unpaired) electrons. The average molecular weight is 391 g/mol. The van der Waals surface area contributed by atoms with Gasteiger partial charge in [-0.25, -0.2) is 0 Å². The summed E-state index contributed by atoms with van der Waals surface area (Å²) < 4.78 is 1.97. The number of rotatable bonds is 5. The molecule has 7 heteroatoms. The highest BCUT2D eigenvalue weighted by Crippen LogP contribution is 2.22. The second kappa shape index (κ2) is 8.03. The highest BCUT2D eigenvalue weighted by atomic mass is 16.2. The normalized spacial score (nSPS) is 16.5. The smallest absolute Gasteiger partial charge is 0.247 e. The Hall–Kier alpha value is -3.22. The number of benzene rings is 1. The van der Waals surface area contributed by atoms with E-state index in [2.05, 4.69) is 15.5 Å². The minimum absolute atomic E-state index is 0.0403. The molecular formula is C22H25N5O2. The van der Waals surface area contributed by atoms with Gasteiger partial charge in [0.15, 0.2) is 5.65 Å². The maximum Gasteiger partial charge on any atom is 0.247 e. The summed E-state index contributed by atoms with van der Waals surface area (Å²) in [4.78, 5) is 26.8. The minimum Gasteiger partial charge on any atom is -0.330 e. The number of fused-ring (bicyclic) bond motifs is 1. The molecule has 4 rings (SSSR count). The molecule has 1 saturated heterocycles. The maximum absolute atomic E-state index is 12.7. The van der Waals surface area contributed by atoms with Crippen LogP contribution in [0.25, 0.3) is 5.65 Å². The number of anilines is 1.